The van der Waals surface area contributed by atoms with Gasteiger partial charge in [0.15, 0.2) is 12.4 Å². The maximum Gasteiger partial charge on any atom is 0.348 e. The van der Waals surface area contributed by atoms with E-state index in [2.05, 4.69) is 10.3 Å². The molecule has 2 aromatic rings. The molecule has 0 atom stereocenters. The minimum absolute atomic E-state index is 0.180. The van der Waals surface area contributed by atoms with E-state index in [1.54, 1.807) is 13.0 Å². The topological polar surface area (TPSA) is 68.3 Å². The van der Waals surface area contributed by atoms with Gasteiger partial charge in [-0.2, -0.15) is 0 Å². The Bertz CT molecular complexity index is 790. The number of aromatic nitrogens is 1. The summed E-state index contributed by atoms with van der Waals surface area (Å²) in [4.78, 5) is 29.6. The monoisotopic (exact) mass is 386 g/mol. The number of carbonyl (C=O) groups excluding carboxylic acids is 2. The predicted octanol–water partition coefficient (Wildman–Crippen LogP) is 4.42. The van der Waals surface area contributed by atoms with Crippen LogP contribution >= 0.6 is 34.5 Å². The van der Waals surface area contributed by atoms with Gasteiger partial charge in [-0.15, -0.1) is 11.3 Å². The molecule has 0 aliphatic rings. The number of hydrogen-bond acceptors (Lipinski definition) is 5. The minimum atomic E-state index is -0.525. The van der Waals surface area contributed by atoms with Crippen LogP contribution in [0, 0.1) is 13.8 Å². The normalized spacial score (nSPS) is 10.5. The molecule has 0 aromatic carbocycles. The molecular formula is C16H16Cl2N2O3S. The summed E-state index contributed by atoms with van der Waals surface area (Å²) >= 11 is 13.2. The third-order valence-electron chi connectivity index (χ3n) is 3.24. The number of pyridine rings is 1. The number of ether oxygens (including phenoxy) is 1. The Kier molecular flexibility index (Phi) is 6.21. The molecule has 1 N–H and O–H groups in total. The summed E-state index contributed by atoms with van der Waals surface area (Å²) in [6.07, 6.45) is 0.852. The zero-order valence-electron chi connectivity index (χ0n) is 13.4. The molecule has 2 heterocycles. The lowest BCUT2D eigenvalue weighted by atomic mass is 10.2. The van der Waals surface area contributed by atoms with Crippen LogP contribution in [0.3, 0.4) is 0 Å². The van der Waals surface area contributed by atoms with Gasteiger partial charge in [-0.05, 0) is 38.0 Å². The van der Waals surface area contributed by atoms with Crippen molar-refractivity contribution in [3.8, 4) is 0 Å². The fourth-order valence-corrected chi connectivity index (χ4v) is 3.40. The summed E-state index contributed by atoms with van der Waals surface area (Å²) in [5.74, 6) is -0.868. The molecule has 0 bridgehead atoms. The molecule has 0 radical (unpaired) electrons. The van der Waals surface area contributed by atoms with Gasteiger partial charge in [-0.1, -0.05) is 30.1 Å². The van der Waals surface area contributed by atoms with Gasteiger partial charge in [0.25, 0.3) is 5.91 Å². The maximum absolute atomic E-state index is 12.0. The van der Waals surface area contributed by atoms with Crippen molar-refractivity contribution in [3.05, 3.63) is 43.2 Å². The summed E-state index contributed by atoms with van der Waals surface area (Å²) in [6.45, 7) is 5.23. The van der Waals surface area contributed by atoms with Crippen molar-refractivity contribution < 1.29 is 14.3 Å². The zero-order valence-corrected chi connectivity index (χ0v) is 15.7. The minimum Gasteiger partial charge on any atom is -0.451 e. The highest BCUT2D eigenvalue weighted by Gasteiger charge is 2.16. The maximum atomic E-state index is 12.0. The van der Waals surface area contributed by atoms with Crippen molar-refractivity contribution in [1.82, 2.24) is 4.98 Å². The molecule has 8 heteroatoms. The number of carbonyl (C=O) groups is 2. The number of rotatable bonds is 5. The van der Waals surface area contributed by atoms with Crippen LogP contribution in [0.2, 0.25) is 10.0 Å². The van der Waals surface area contributed by atoms with E-state index in [0.29, 0.717) is 15.6 Å². The van der Waals surface area contributed by atoms with Gasteiger partial charge >= 0.3 is 5.97 Å². The van der Waals surface area contributed by atoms with Crippen molar-refractivity contribution in [3.63, 3.8) is 0 Å². The molecule has 0 fully saturated rings. The second kappa shape index (κ2) is 7.96. The summed E-state index contributed by atoms with van der Waals surface area (Å²) in [6, 6.07) is 3.26. The van der Waals surface area contributed by atoms with E-state index in [4.69, 9.17) is 27.9 Å². The van der Waals surface area contributed by atoms with Crippen molar-refractivity contribution in [2.75, 3.05) is 11.9 Å². The Morgan fingerprint density at radius 1 is 1.25 bits per heavy atom. The van der Waals surface area contributed by atoms with Crippen LogP contribution in [0.1, 0.15) is 32.7 Å². The molecule has 1 amide bonds. The van der Waals surface area contributed by atoms with E-state index in [9.17, 15) is 9.59 Å². The number of esters is 1. The highest BCUT2D eigenvalue weighted by Crippen LogP contribution is 2.26. The van der Waals surface area contributed by atoms with Gasteiger partial charge in [-0.3, -0.25) is 4.79 Å². The SMILES string of the molecule is CCc1sc(C(=O)OCC(=O)Nc2nc(C)c(Cl)cc2Cl)cc1C. The molecule has 0 saturated heterocycles. The first-order chi connectivity index (χ1) is 11.3. The van der Waals surface area contributed by atoms with Crippen molar-refractivity contribution in [2.24, 2.45) is 0 Å². The van der Waals surface area contributed by atoms with E-state index in [1.807, 2.05) is 13.8 Å². The second-order valence-electron chi connectivity index (χ2n) is 5.08. The molecule has 2 rings (SSSR count). The van der Waals surface area contributed by atoms with Crippen LogP contribution in [0.4, 0.5) is 5.82 Å². The van der Waals surface area contributed by atoms with Crippen LogP contribution in [0.25, 0.3) is 0 Å². The molecule has 0 aliphatic heterocycles. The number of amides is 1. The standard InChI is InChI=1S/C16H16Cl2N2O3S/c1-4-12-8(2)5-13(24-12)16(22)23-7-14(21)20-15-11(18)6-10(17)9(3)19-15/h5-6H,4,7H2,1-3H3,(H,19,20,21). The number of nitrogens with one attached hydrogen (secondary N) is 1. The van der Waals surface area contributed by atoms with Crippen LogP contribution in [0.15, 0.2) is 12.1 Å². The van der Waals surface area contributed by atoms with Gasteiger partial charge in [0.1, 0.15) is 4.88 Å². The number of nitrogens with zero attached hydrogens (tertiary/aromatic N) is 1. The van der Waals surface area contributed by atoms with Crippen molar-refractivity contribution >= 4 is 52.2 Å². The van der Waals surface area contributed by atoms with Gasteiger partial charge in [-0.25, -0.2) is 9.78 Å². The summed E-state index contributed by atoms with van der Waals surface area (Å²) in [5.41, 5.74) is 1.58. The lowest BCUT2D eigenvalue weighted by Crippen LogP contribution is -2.21. The first-order valence-electron chi connectivity index (χ1n) is 7.20. The highest BCUT2D eigenvalue weighted by molar-refractivity contribution is 7.14. The van der Waals surface area contributed by atoms with E-state index in [0.717, 1.165) is 16.9 Å². The van der Waals surface area contributed by atoms with Gasteiger partial charge in [0.05, 0.1) is 15.7 Å². The van der Waals surface area contributed by atoms with E-state index in [1.165, 1.54) is 17.4 Å². The Morgan fingerprint density at radius 3 is 2.58 bits per heavy atom. The third-order valence-corrected chi connectivity index (χ3v) is 5.27. The third kappa shape index (κ3) is 4.47. The molecule has 0 saturated carbocycles. The Morgan fingerprint density at radius 2 is 1.96 bits per heavy atom. The summed E-state index contributed by atoms with van der Waals surface area (Å²) in [7, 11) is 0. The second-order valence-corrected chi connectivity index (χ2v) is 7.03. The first kappa shape index (κ1) is 18.7. The number of hydrogen-bond donors (Lipinski definition) is 1. The molecule has 128 valence electrons. The smallest absolute Gasteiger partial charge is 0.348 e. The molecule has 0 spiro atoms. The summed E-state index contributed by atoms with van der Waals surface area (Å²) in [5, 5.41) is 3.12. The molecule has 2 aromatic heterocycles. The fourth-order valence-electron chi connectivity index (χ4n) is 1.99. The highest BCUT2D eigenvalue weighted by atomic mass is 35.5. The van der Waals surface area contributed by atoms with Crippen LogP contribution < -0.4 is 5.32 Å². The van der Waals surface area contributed by atoms with Gasteiger partial charge in [0, 0.05) is 4.88 Å². The number of aryl methyl sites for hydroxylation is 3. The Labute approximate surface area is 153 Å². The number of halogens is 2. The van der Waals surface area contributed by atoms with E-state index < -0.39 is 18.5 Å². The van der Waals surface area contributed by atoms with Crippen molar-refractivity contribution in [1.29, 1.82) is 0 Å². The molecule has 0 unspecified atom stereocenters. The Hall–Kier alpha value is -1.63. The van der Waals surface area contributed by atoms with Crippen molar-refractivity contribution in [2.45, 2.75) is 27.2 Å². The fraction of sp³-hybridized carbons (Fsp3) is 0.312. The average molecular weight is 387 g/mol. The molecule has 24 heavy (non-hydrogen) atoms. The summed E-state index contributed by atoms with van der Waals surface area (Å²) < 4.78 is 5.03. The van der Waals surface area contributed by atoms with Crippen LogP contribution in [0.5, 0.6) is 0 Å². The van der Waals surface area contributed by atoms with E-state index in [-0.39, 0.29) is 10.8 Å². The molecule has 5 nitrogen and oxygen atoms in total. The molecule has 0 aliphatic carbocycles. The number of anilines is 1. The van der Waals surface area contributed by atoms with Crippen LogP contribution in [-0.2, 0) is 16.0 Å². The quantitative estimate of drug-likeness (QED) is 0.771. The zero-order chi connectivity index (χ0) is 17.9. The Balaban J connectivity index is 1.95. The predicted molar refractivity (Wildman–Crippen MR) is 96.3 cm³/mol. The average Bonchev–Trinajstić information content (AvgIpc) is 2.91. The largest absolute Gasteiger partial charge is 0.451 e. The van der Waals surface area contributed by atoms with E-state index >= 15 is 0 Å². The van der Waals surface area contributed by atoms with Crippen LogP contribution in [-0.4, -0.2) is 23.5 Å². The molecular weight excluding hydrogens is 371 g/mol. The first-order valence-corrected chi connectivity index (χ1v) is 8.78. The lowest BCUT2D eigenvalue weighted by molar-refractivity contribution is -0.119. The lowest BCUT2D eigenvalue weighted by Gasteiger charge is -2.08. The van der Waals surface area contributed by atoms with Gasteiger partial charge < -0.3 is 10.1 Å². The number of thiophene rings is 1. The van der Waals surface area contributed by atoms with Gasteiger partial charge in [0.2, 0.25) is 0 Å².